The van der Waals surface area contributed by atoms with Gasteiger partial charge in [-0.3, -0.25) is 4.99 Å². The number of rotatable bonds is 6. The van der Waals surface area contributed by atoms with Crippen LogP contribution in [-0.4, -0.2) is 31.1 Å². The van der Waals surface area contributed by atoms with Gasteiger partial charge in [-0.1, -0.05) is 13.0 Å². The molecule has 1 aromatic heterocycles. The highest BCUT2D eigenvalue weighted by Gasteiger charge is 2.10. The van der Waals surface area contributed by atoms with Crippen LogP contribution in [0.4, 0.5) is 8.78 Å². The molecule has 0 aliphatic carbocycles. The number of nitrogens with one attached hydrogen (secondary N) is 2. The van der Waals surface area contributed by atoms with E-state index in [-0.39, 0.29) is 5.92 Å². The Bertz CT molecular complexity index is 700. The van der Waals surface area contributed by atoms with Crippen molar-refractivity contribution in [3.63, 3.8) is 0 Å². The molecule has 0 fully saturated rings. The molecular weight excluding hydrogens is 330 g/mol. The van der Waals surface area contributed by atoms with Crippen LogP contribution in [0.1, 0.15) is 28.3 Å². The van der Waals surface area contributed by atoms with E-state index in [9.17, 15) is 8.78 Å². The Labute approximate surface area is 145 Å². The highest BCUT2D eigenvalue weighted by molar-refractivity contribution is 7.11. The van der Waals surface area contributed by atoms with E-state index in [2.05, 4.69) is 20.6 Å². The van der Waals surface area contributed by atoms with Gasteiger partial charge in [0.05, 0.1) is 5.01 Å². The van der Waals surface area contributed by atoms with Gasteiger partial charge in [0.25, 0.3) is 0 Å². The monoisotopic (exact) mass is 352 g/mol. The summed E-state index contributed by atoms with van der Waals surface area (Å²) in [6, 6.07) is 4.00. The third-order valence-corrected chi connectivity index (χ3v) is 4.58. The van der Waals surface area contributed by atoms with Crippen molar-refractivity contribution in [2.75, 3.05) is 20.1 Å². The summed E-state index contributed by atoms with van der Waals surface area (Å²) in [6.45, 7) is 5.29. The minimum Gasteiger partial charge on any atom is -0.356 e. The van der Waals surface area contributed by atoms with Crippen LogP contribution in [0, 0.1) is 18.6 Å². The molecule has 1 unspecified atom stereocenters. The van der Waals surface area contributed by atoms with Gasteiger partial charge in [-0.15, -0.1) is 11.3 Å². The van der Waals surface area contributed by atoms with E-state index >= 15 is 0 Å². The van der Waals surface area contributed by atoms with E-state index in [1.54, 1.807) is 24.5 Å². The Balaban J connectivity index is 1.79. The molecule has 24 heavy (non-hydrogen) atoms. The van der Waals surface area contributed by atoms with Gasteiger partial charge in [0, 0.05) is 37.6 Å². The fourth-order valence-corrected chi connectivity index (χ4v) is 3.00. The lowest BCUT2D eigenvalue weighted by Gasteiger charge is -2.16. The fourth-order valence-electron chi connectivity index (χ4n) is 2.21. The van der Waals surface area contributed by atoms with E-state index in [1.165, 1.54) is 10.9 Å². The van der Waals surface area contributed by atoms with Crippen LogP contribution in [0.2, 0.25) is 0 Å². The summed E-state index contributed by atoms with van der Waals surface area (Å²) in [6.07, 6.45) is 2.70. The van der Waals surface area contributed by atoms with Crippen molar-refractivity contribution in [1.29, 1.82) is 0 Å². The standard InChI is InChI=1S/C17H22F2N4S/c1-11(13-4-5-14(18)15(19)8-13)9-23-17(20-3)21-7-6-16-22-10-12(2)24-16/h4-5,8,10-11H,6-7,9H2,1-3H3,(H2,20,21,23). The molecule has 0 saturated heterocycles. The molecule has 1 atom stereocenters. The predicted octanol–water partition coefficient (Wildman–Crippen LogP) is 3.24. The molecule has 0 amide bonds. The second-order valence-corrected chi connectivity index (χ2v) is 6.89. The van der Waals surface area contributed by atoms with Crippen LogP contribution in [0.25, 0.3) is 0 Å². The number of aryl methyl sites for hydroxylation is 1. The topological polar surface area (TPSA) is 49.3 Å². The van der Waals surface area contributed by atoms with Gasteiger partial charge >= 0.3 is 0 Å². The molecule has 1 heterocycles. The molecule has 0 aliphatic heterocycles. The molecule has 7 heteroatoms. The Hall–Kier alpha value is -2.02. The number of benzene rings is 1. The van der Waals surface area contributed by atoms with Crippen molar-refractivity contribution in [3.8, 4) is 0 Å². The Morgan fingerprint density at radius 1 is 1.29 bits per heavy atom. The Kier molecular flexibility index (Phi) is 6.66. The number of guanidine groups is 1. The molecule has 0 bridgehead atoms. The SMILES string of the molecule is CN=C(NCCc1ncc(C)s1)NCC(C)c1ccc(F)c(F)c1. The van der Waals surface area contributed by atoms with Crippen molar-refractivity contribution in [2.45, 2.75) is 26.2 Å². The summed E-state index contributed by atoms with van der Waals surface area (Å²) in [5.74, 6) is -0.938. The smallest absolute Gasteiger partial charge is 0.191 e. The highest BCUT2D eigenvalue weighted by Crippen LogP contribution is 2.17. The van der Waals surface area contributed by atoms with E-state index in [0.717, 1.165) is 29.6 Å². The lowest BCUT2D eigenvalue weighted by Crippen LogP contribution is -2.39. The number of hydrogen-bond acceptors (Lipinski definition) is 3. The summed E-state index contributed by atoms with van der Waals surface area (Å²) < 4.78 is 26.3. The lowest BCUT2D eigenvalue weighted by atomic mass is 10.0. The van der Waals surface area contributed by atoms with Gasteiger partial charge in [-0.05, 0) is 30.5 Å². The van der Waals surface area contributed by atoms with Gasteiger partial charge < -0.3 is 10.6 Å². The maximum atomic E-state index is 13.3. The highest BCUT2D eigenvalue weighted by atomic mass is 32.1. The van der Waals surface area contributed by atoms with E-state index < -0.39 is 11.6 Å². The second-order valence-electron chi connectivity index (χ2n) is 5.57. The van der Waals surface area contributed by atoms with Gasteiger partial charge in [0.1, 0.15) is 0 Å². The summed E-state index contributed by atoms with van der Waals surface area (Å²) in [4.78, 5) is 9.69. The number of aliphatic imine (C=N–C) groups is 1. The number of aromatic nitrogens is 1. The average Bonchev–Trinajstić information content (AvgIpc) is 2.98. The molecule has 130 valence electrons. The molecule has 0 aliphatic rings. The van der Waals surface area contributed by atoms with Crippen LogP contribution in [0.5, 0.6) is 0 Å². The minimum atomic E-state index is -0.825. The third kappa shape index (κ3) is 5.26. The number of halogens is 2. The lowest BCUT2D eigenvalue weighted by molar-refractivity contribution is 0.505. The quantitative estimate of drug-likeness (QED) is 0.620. The van der Waals surface area contributed by atoms with Crippen molar-refractivity contribution in [3.05, 3.63) is 51.5 Å². The largest absolute Gasteiger partial charge is 0.356 e. The number of hydrogen-bond donors (Lipinski definition) is 2. The molecular formula is C17H22F2N4S. The number of nitrogens with zero attached hydrogens (tertiary/aromatic N) is 2. The van der Waals surface area contributed by atoms with Gasteiger partial charge in [0.15, 0.2) is 17.6 Å². The summed E-state index contributed by atoms with van der Waals surface area (Å²) in [7, 11) is 1.70. The van der Waals surface area contributed by atoms with Gasteiger partial charge in [-0.2, -0.15) is 0 Å². The Morgan fingerprint density at radius 2 is 2.08 bits per heavy atom. The van der Waals surface area contributed by atoms with Crippen LogP contribution in [0.15, 0.2) is 29.4 Å². The molecule has 2 rings (SSSR count). The van der Waals surface area contributed by atoms with Crippen molar-refractivity contribution in [2.24, 2.45) is 4.99 Å². The molecule has 2 N–H and O–H groups in total. The maximum Gasteiger partial charge on any atom is 0.191 e. The summed E-state index contributed by atoms with van der Waals surface area (Å²) in [5, 5.41) is 7.51. The zero-order valence-corrected chi connectivity index (χ0v) is 14.9. The van der Waals surface area contributed by atoms with Crippen LogP contribution in [-0.2, 0) is 6.42 Å². The normalized spacial score (nSPS) is 13.0. The molecule has 0 radical (unpaired) electrons. The number of thiazole rings is 1. The zero-order chi connectivity index (χ0) is 17.5. The second kappa shape index (κ2) is 8.73. The molecule has 0 spiro atoms. The van der Waals surface area contributed by atoms with E-state index in [4.69, 9.17) is 0 Å². The molecule has 0 saturated carbocycles. The Morgan fingerprint density at radius 3 is 2.71 bits per heavy atom. The molecule has 2 aromatic rings. The van der Waals surface area contributed by atoms with Crippen LogP contribution < -0.4 is 10.6 Å². The van der Waals surface area contributed by atoms with Gasteiger partial charge in [-0.25, -0.2) is 13.8 Å². The first kappa shape index (κ1) is 18.3. The van der Waals surface area contributed by atoms with Crippen molar-refractivity contribution >= 4 is 17.3 Å². The first-order valence-corrected chi connectivity index (χ1v) is 8.62. The predicted molar refractivity (Wildman–Crippen MR) is 94.7 cm³/mol. The van der Waals surface area contributed by atoms with Crippen LogP contribution >= 0.6 is 11.3 Å². The zero-order valence-electron chi connectivity index (χ0n) is 14.1. The maximum absolute atomic E-state index is 13.3. The summed E-state index contributed by atoms with van der Waals surface area (Å²) >= 11 is 1.69. The van der Waals surface area contributed by atoms with Crippen molar-refractivity contribution < 1.29 is 8.78 Å². The third-order valence-electron chi connectivity index (χ3n) is 3.61. The molecule has 4 nitrogen and oxygen atoms in total. The van der Waals surface area contributed by atoms with Crippen molar-refractivity contribution in [1.82, 2.24) is 15.6 Å². The van der Waals surface area contributed by atoms with E-state index in [1.807, 2.05) is 20.0 Å². The molecule has 1 aromatic carbocycles. The average molecular weight is 352 g/mol. The van der Waals surface area contributed by atoms with Crippen LogP contribution in [0.3, 0.4) is 0 Å². The first-order valence-electron chi connectivity index (χ1n) is 7.80. The van der Waals surface area contributed by atoms with Gasteiger partial charge in [0.2, 0.25) is 0 Å². The fraction of sp³-hybridized carbons (Fsp3) is 0.412. The minimum absolute atomic E-state index is 0.0280. The summed E-state index contributed by atoms with van der Waals surface area (Å²) in [5.41, 5.74) is 0.745. The van der Waals surface area contributed by atoms with E-state index in [0.29, 0.717) is 12.5 Å². The first-order chi connectivity index (χ1) is 11.5.